The van der Waals surface area contributed by atoms with E-state index in [0.717, 1.165) is 17.0 Å². The fourth-order valence-corrected chi connectivity index (χ4v) is 4.57. The van der Waals surface area contributed by atoms with E-state index < -0.39 is 5.69 Å². The van der Waals surface area contributed by atoms with Crippen LogP contribution in [0.2, 0.25) is 5.02 Å². The number of nitrogen functional groups attached to an aromatic ring is 1. The van der Waals surface area contributed by atoms with E-state index in [1.165, 1.54) is 21.9 Å². The minimum atomic E-state index is -0.431. The Labute approximate surface area is 229 Å². The van der Waals surface area contributed by atoms with E-state index in [2.05, 4.69) is 10.3 Å². The maximum absolute atomic E-state index is 11.4. The van der Waals surface area contributed by atoms with Crippen molar-refractivity contribution < 1.29 is 19.0 Å². The number of aromatic nitrogens is 2. The number of aryl methyl sites for hydroxylation is 1. The van der Waals surface area contributed by atoms with Gasteiger partial charge in [-0.25, -0.2) is 4.79 Å². The summed E-state index contributed by atoms with van der Waals surface area (Å²) in [5.41, 5.74) is 7.56. The highest BCUT2D eigenvalue weighted by atomic mass is 35.5. The first-order valence-electron chi connectivity index (χ1n) is 11.3. The lowest BCUT2D eigenvalue weighted by Gasteiger charge is -2.13. The Hall–Kier alpha value is -2.83. The van der Waals surface area contributed by atoms with Crippen LogP contribution in [0.25, 0.3) is 0 Å². The number of allylic oxidation sites excluding steroid dienone is 1. The second kappa shape index (κ2) is 13.6. The minimum Gasteiger partial charge on any atom is -0.488 e. The fourth-order valence-electron chi connectivity index (χ4n) is 3.14. The van der Waals surface area contributed by atoms with Gasteiger partial charge in [-0.05, 0) is 51.1 Å². The number of halogens is 1. The van der Waals surface area contributed by atoms with Crippen LogP contribution in [-0.2, 0) is 4.74 Å². The van der Waals surface area contributed by atoms with Crippen molar-refractivity contribution in [3.05, 3.63) is 81.3 Å². The van der Waals surface area contributed by atoms with Gasteiger partial charge in [-0.15, -0.1) is 11.8 Å². The molecule has 0 saturated carbocycles. The maximum atomic E-state index is 11.4. The molecule has 2 atom stereocenters. The van der Waals surface area contributed by atoms with Gasteiger partial charge in [0, 0.05) is 23.7 Å². The second-order valence-corrected chi connectivity index (χ2v) is 10.2. The van der Waals surface area contributed by atoms with Crippen LogP contribution in [0.4, 0.5) is 11.5 Å². The van der Waals surface area contributed by atoms with Crippen LogP contribution in [0.1, 0.15) is 31.4 Å². The zero-order valence-electron chi connectivity index (χ0n) is 20.6. The van der Waals surface area contributed by atoms with E-state index in [1.54, 1.807) is 24.6 Å². The van der Waals surface area contributed by atoms with Gasteiger partial charge in [0.1, 0.15) is 40.6 Å². The molecule has 1 aromatic carbocycles. The predicted molar refractivity (Wildman–Crippen MR) is 152 cm³/mol. The molecular weight excluding hydrogens is 536 g/mol. The molecule has 2 aromatic heterocycles. The van der Waals surface area contributed by atoms with Crippen molar-refractivity contribution in [3.8, 4) is 5.75 Å². The molecule has 9 nitrogen and oxygen atoms in total. The summed E-state index contributed by atoms with van der Waals surface area (Å²) >= 11 is 13.0. The number of thioether (sulfide) groups is 1. The molecule has 4 rings (SSSR count). The summed E-state index contributed by atoms with van der Waals surface area (Å²) in [7, 11) is 0. The molecule has 1 saturated heterocycles. The van der Waals surface area contributed by atoms with Crippen molar-refractivity contribution in [2.24, 2.45) is 0 Å². The third-order valence-electron chi connectivity index (χ3n) is 5.07. The van der Waals surface area contributed by atoms with E-state index in [4.69, 9.17) is 48.5 Å². The SMILES string of the molecule is CC(C)=CCOc1cc(NC(=S)c2ccoc2C)ccc1Cl.Nc1ccn([C@@H]2CS[C@H](CO)O2)c(=O)n1. The number of benzene rings is 1. The van der Waals surface area contributed by atoms with E-state index >= 15 is 0 Å². The van der Waals surface area contributed by atoms with Crippen LogP contribution in [0.5, 0.6) is 5.75 Å². The molecule has 3 aromatic rings. The highest BCUT2D eigenvalue weighted by molar-refractivity contribution is 8.00. The molecule has 198 valence electrons. The molecule has 0 aliphatic carbocycles. The highest BCUT2D eigenvalue weighted by Gasteiger charge is 2.27. The lowest BCUT2D eigenvalue weighted by atomic mass is 10.2. The quantitative estimate of drug-likeness (QED) is 0.273. The fraction of sp³-hybridized carbons (Fsp3) is 0.320. The Balaban J connectivity index is 0.000000220. The molecule has 12 heteroatoms. The number of aliphatic hydroxyl groups is 1. The van der Waals surface area contributed by atoms with Crippen molar-refractivity contribution in [3.63, 3.8) is 0 Å². The zero-order chi connectivity index (χ0) is 26.9. The number of aliphatic hydroxyl groups excluding tert-OH is 1. The molecule has 1 aliphatic heterocycles. The van der Waals surface area contributed by atoms with E-state index in [9.17, 15) is 4.79 Å². The van der Waals surface area contributed by atoms with Crippen molar-refractivity contribution in [2.45, 2.75) is 32.4 Å². The lowest BCUT2D eigenvalue weighted by Crippen LogP contribution is -2.28. The number of anilines is 2. The summed E-state index contributed by atoms with van der Waals surface area (Å²) in [6.07, 6.45) is 4.80. The normalized spacial score (nSPS) is 16.5. The van der Waals surface area contributed by atoms with Gasteiger partial charge >= 0.3 is 5.69 Å². The first kappa shape index (κ1) is 28.7. The lowest BCUT2D eigenvalue weighted by molar-refractivity contribution is -0.00629. The summed E-state index contributed by atoms with van der Waals surface area (Å²) in [6.45, 7) is 6.34. The van der Waals surface area contributed by atoms with Gasteiger partial charge < -0.3 is 30.0 Å². The van der Waals surface area contributed by atoms with Gasteiger partial charge in [-0.1, -0.05) is 29.4 Å². The van der Waals surface area contributed by atoms with Gasteiger partial charge in [0.25, 0.3) is 0 Å². The van der Waals surface area contributed by atoms with E-state index in [1.807, 2.05) is 45.0 Å². The number of furan rings is 1. The summed E-state index contributed by atoms with van der Waals surface area (Å²) in [5.74, 6) is 2.22. The van der Waals surface area contributed by atoms with Crippen molar-refractivity contribution in [1.29, 1.82) is 0 Å². The van der Waals surface area contributed by atoms with Crippen LogP contribution in [0.15, 0.2) is 63.7 Å². The van der Waals surface area contributed by atoms with Crippen molar-refractivity contribution in [1.82, 2.24) is 9.55 Å². The number of nitrogens with zero attached hydrogens (tertiary/aromatic N) is 2. The van der Waals surface area contributed by atoms with Crippen LogP contribution in [0.3, 0.4) is 0 Å². The summed E-state index contributed by atoms with van der Waals surface area (Å²) in [6, 6.07) is 8.86. The van der Waals surface area contributed by atoms with Gasteiger partial charge in [0.15, 0.2) is 0 Å². The van der Waals surface area contributed by atoms with Crippen LogP contribution in [0, 0.1) is 6.92 Å². The van der Waals surface area contributed by atoms with Gasteiger partial charge in [-0.3, -0.25) is 4.57 Å². The minimum absolute atomic E-state index is 0.0572. The molecule has 0 unspecified atom stereocenters. The zero-order valence-corrected chi connectivity index (χ0v) is 23.0. The molecule has 4 N–H and O–H groups in total. The number of hydrogen-bond donors (Lipinski definition) is 3. The monoisotopic (exact) mass is 564 g/mol. The Bertz CT molecular complexity index is 1310. The summed E-state index contributed by atoms with van der Waals surface area (Å²) in [4.78, 5) is 15.6. The van der Waals surface area contributed by atoms with Crippen LogP contribution in [-0.4, -0.2) is 44.0 Å². The first-order valence-corrected chi connectivity index (χ1v) is 13.1. The Morgan fingerprint density at radius 2 is 2.19 bits per heavy atom. The van der Waals surface area contributed by atoms with Gasteiger partial charge in [0.05, 0.1) is 23.5 Å². The van der Waals surface area contributed by atoms with E-state index in [-0.39, 0.29) is 24.1 Å². The Morgan fingerprint density at radius 1 is 1.41 bits per heavy atom. The van der Waals surface area contributed by atoms with Crippen molar-refractivity contribution in [2.75, 3.05) is 30.0 Å². The van der Waals surface area contributed by atoms with Crippen LogP contribution < -0.4 is 21.5 Å². The largest absolute Gasteiger partial charge is 0.488 e. The summed E-state index contributed by atoms with van der Waals surface area (Å²) in [5, 5.41) is 12.6. The molecule has 3 heterocycles. The average Bonchev–Trinajstić information content (AvgIpc) is 3.50. The number of ether oxygens (including phenoxy) is 2. The van der Waals surface area contributed by atoms with E-state index in [0.29, 0.717) is 28.1 Å². The number of hydrogen-bond acceptors (Lipinski definition) is 9. The third-order valence-corrected chi connectivity index (χ3v) is 6.81. The second-order valence-electron chi connectivity index (χ2n) is 8.16. The molecule has 0 amide bonds. The van der Waals surface area contributed by atoms with Crippen molar-refractivity contribution >= 4 is 52.1 Å². The van der Waals surface area contributed by atoms with Gasteiger partial charge in [0.2, 0.25) is 0 Å². The molecular formula is C25H29ClN4O5S2. The Morgan fingerprint density at radius 3 is 2.81 bits per heavy atom. The molecule has 37 heavy (non-hydrogen) atoms. The number of thiocarbonyl (C=S) groups is 1. The maximum Gasteiger partial charge on any atom is 0.351 e. The molecule has 0 spiro atoms. The number of nitrogens with two attached hydrogens (primary N) is 1. The summed E-state index contributed by atoms with van der Waals surface area (Å²) < 4.78 is 17.7. The smallest absolute Gasteiger partial charge is 0.351 e. The highest BCUT2D eigenvalue weighted by Crippen LogP contribution is 2.30. The molecule has 0 bridgehead atoms. The predicted octanol–water partition coefficient (Wildman–Crippen LogP) is 4.78. The number of nitrogens with one attached hydrogen (secondary N) is 1. The molecule has 0 radical (unpaired) electrons. The molecule has 1 aliphatic rings. The topological polar surface area (TPSA) is 125 Å². The number of rotatable bonds is 7. The van der Waals surface area contributed by atoms with Gasteiger partial charge in [-0.2, -0.15) is 4.98 Å². The molecule has 1 fully saturated rings. The first-order chi connectivity index (χ1) is 17.7. The average molecular weight is 565 g/mol. The standard InChI is InChI=1S/C17H18ClNO2S.C8H11N3O3S/c1-11(2)6-8-21-16-10-13(4-5-15(16)18)19-17(22)14-7-9-20-12(14)3;9-5-1-2-11(8(13)10-5)6-4-15-7(3-12)14-6/h4-7,9-10H,8H2,1-3H3,(H,19,22);1-2,6-7,12H,3-4H2,(H2,9,10,13)/t;6-,7+/m.0/s1. The third kappa shape index (κ3) is 8.34. The van der Waals surface area contributed by atoms with Crippen LogP contribution >= 0.6 is 35.6 Å². The Kier molecular flexibility index (Phi) is 10.6.